The first kappa shape index (κ1) is 28.6. The van der Waals surface area contributed by atoms with Gasteiger partial charge in [0.25, 0.3) is 5.91 Å². The largest absolute Gasteiger partial charge is 0.355 e. The van der Waals surface area contributed by atoms with E-state index in [9.17, 15) is 13.2 Å². The number of aryl methyl sites for hydroxylation is 1. The van der Waals surface area contributed by atoms with Crippen molar-refractivity contribution in [3.8, 4) is 0 Å². The average Bonchev–Trinajstić information content (AvgIpc) is 3.30. The molecule has 216 valence electrons. The van der Waals surface area contributed by atoms with Gasteiger partial charge in [0.1, 0.15) is 5.82 Å². The predicted molar refractivity (Wildman–Crippen MR) is 159 cm³/mol. The Morgan fingerprint density at radius 1 is 1.20 bits per heavy atom. The van der Waals surface area contributed by atoms with Crippen molar-refractivity contribution >= 4 is 44.7 Å². The van der Waals surface area contributed by atoms with Gasteiger partial charge in [-0.2, -0.15) is 5.10 Å². The second kappa shape index (κ2) is 11.9. The number of fused-ring (bicyclic) bond motifs is 1. The number of halogens is 1. The van der Waals surface area contributed by atoms with Gasteiger partial charge < -0.3 is 15.1 Å². The number of nitrogens with zero attached hydrogens (tertiary/aromatic N) is 5. The fourth-order valence-electron chi connectivity index (χ4n) is 5.60. The molecule has 40 heavy (non-hydrogen) atoms. The van der Waals surface area contributed by atoms with Gasteiger partial charge in [-0.15, -0.1) is 0 Å². The summed E-state index contributed by atoms with van der Waals surface area (Å²) < 4.78 is 28.1. The first-order chi connectivity index (χ1) is 19.1. The molecule has 2 fully saturated rings. The van der Waals surface area contributed by atoms with Crippen LogP contribution in [0.15, 0.2) is 30.5 Å². The molecule has 2 aromatic heterocycles. The molecule has 1 amide bonds. The van der Waals surface area contributed by atoms with Gasteiger partial charge in [-0.05, 0) is 57.4 Å². The number of amides is 1. The lowest BCUT2D eigenvalue weighted by Gasteiger charge is -2.41. The minimum Gasteiger partial charge on any atom is -0.355 e. The van der Waals surface area contributed by atoms with Gasteiger partial charge in [-0.3, -0.25) is 9.52 Å². The number of nitrogens with one attached hydrogen (secondary N) is 2. The van der Waals surface area contributed by atoms with Crippen molar-refractivity contribution in [2.45, 2.75) is 52.0 Å². The van der Waals surface area contributed by atoms with E-state index in [1.807, 2.05) is 12.3 Å². The molecule has 0 spiro atoms. The van der Waals surface area contributed by atoms with E-state index in [4.69, 9.17) is 21.7 Å². The summed E-state index contributed by atoms with van der Waals surface area (Å²) in [6.45, 7) is 8.88. The van der Waals surface area contributed by atoms with E-state index in [1.165, 1.54) is 25.0 Å². The smallest absolute Gasteiger partial charge is 0.256 e. The number of hydrogen-bond donors (Lipinski definition) is 2. The summed E-state index contributed by atoms with van der Waals surface area (Å²) >= 11 is 6.22. The maximum absolute atomic E-state index is 13.8. The summed E-state index contributed by atoms with van der Waals surface area (Å²) in [6.07, 6.45) is 8.06. The maximum Gasteiger partial charge on any atom is 0.256 e. The first-order valence-corrected chi connectivity index (χ1v) is 16.3. The number of hydrogen-bond acceptors (Lipinski definition) is 7. The van der Waals surface area contributed by atoms with E-state index >= 15 is 0 Å². The number of unbranched alkanes of at least 4 members (excludes halogenated alkanes) is 1. The van der Waals surface area contributed by atoms with Crippen molar-refractivity contribution in [1.82, 2.24) is 24.8 Å². The molecule has 0 bridgehead atoms. The molecule has 5 rings (SSSR count). The number of piperidine rings is 1. The lowest BCUT2D eigenvalue weighted by molar-refractivity contribution is 0.0607. The fourth-order valence-corrected chi connectivity index (χ4v) is 6.35. The van der Waals surface area contributed by atoms with E-state index in [0.29, 0.717) is 17.5 Å². The quantitative estimate of drug-likeness (QED) is 0.341. The third kappa shape index (κ3) is 6.37. The van der Waals surface area contributed by atoms with Crippen LogP contribution in [0.25, 0.3) is 5.65 Å². The normalized spacial score (nSPS) is 18.2. The van der Waals surface area contributed by atoms with Crippen LogP contribution in [0, 0.1) is 12.8 Å². The molecule has 10 nitrogen and oxygen atoms in total. The number of likely N-dealkylation sites (tertiary alicyclic amines) is 1. The van der Waals surface area contributed by atoms with Gasteiger partial charge in [-0.25, -0.2) is 17.9 Å². The molecule has 2 aliphatic heterocycles. The Hall–Kier alpha value is -2.89. The third-order valence-electron chi connectivity index (χ3n) is 7.63. The Morgan fingerprint density at radius 3 is 2.75 bits per heavy atom. The highest BCUT2D eigenvalue weighted by atomic mass is 35.5. The van der Waals surface area contributed by atoms with Crippen LogP contribution in [0.4, 0.5) is 11.5 Å². The zero-order valence-electron chi connectivity index (χ0n) is 23.4. The third-order valence-corrected chi connectivity index (χ3v) is 8.46. The van der Waals surface area contributed by atoms with Crippen LogP contribution in [-0.2, 0) is 10.0 Å². The number of anilines is 2. The highest BCUT2D eigenvalue weighted by molar-refractivity contribution is 7.92. The number of rotatable bonds is 10. The van der Waals surface area contributed by atoms with Gasteiger partial charge in [0, 0.05) is 54.9 Å². The van der Waals surface area contributed by atoms with Crippen molar-refractivity contribution < 1.29 is 13.2 Å². The van der Waals surface area contributed by atoms with Crippen molar-refractivity contribution in [1.29, 1.82) is 0 Å². The average molecular weight is 588 g/mol. The highest BCUT2D eigenvalue weighted by Gasteiger charge is 2.33. The molecule has 2 N–H and O–H groups in total. The molecule has 12 heteroatoms. The van der Waals surface area contributed by atoms with Crippen LogP contribution in [0.3, 0.4) is 0 Å². The molecule has 3 aromatic rings. The second-order valence-corrected chi connectivity index (χ2v) is 13.2. The highest BCUT2D eigenvalue weighted by Crippen LogP contribution is 2.35. The number of sulfonamides is 1. The summed E-state index contributed by atoms with van der Waals surface area (Å²) in [5.74, 6) is 1.33. The number of benzene rings is 1. The van der Waals surface area contributed by atoms with Crippen LogP contribution < -0.4 is 14.9 Å². The summed E-state index contributed by atoms with van der Waals surface area (Å²) in [7, 11) is -3.58. The summed E-state index contributed by atoms with van der Waals surface area (Å²) in [5.41, 5.74) is 3.03. The van der Waals surface area contributed by atoms with Gasteiger partial charge in [0.15, 0.2) is 5.65 Å². The second-order valence-electron chi connectivity index (χ2n) is 11.0. The molecule has 4 heterocycles. The number of carbonyl (C=O) groups is 1. The predicted octanol–water partition coefficient (Wildman–Crippen LogP) is 4.26. The zero-order chi connectivity index (χ0) is 28.4. The summed E-state index contributed by atoms with van der Waals surface area (Å²) in [6, 6.07) is 6.33. The fraction of sp³-hybridized carbons (Fsp3) is 0.536. The molecular formula is C28H38ClN7O3S. The lowest BCUT2D eigenvalue weighted by Crippen LogP contribution is -2.51. The van der Waals surface area contributed by atoms with Gasteiger partial charge in [0.05, 0.1) is 29.2 Å². The van der Waals surface area contributed by atoms with Gasteiger partial charge in [-0.1, -0.05) is 24.9 Å². The molecule has 1 atom stereocenters. The van der Waals surface area contributed by atoms with Crippen LogP contribution in [0.2, 0.25) is 5.02 Å². The monoisotopic (exact) mass is 587 g/mol. The summed E-state index contributed by atoms with van der Waals surface area (Å²) in [5, 5.41) is 8.75. The Bertz CT molecular complexity index is 1490. The van der Waals surface area contributed by atoms with Crippen LogP contribution in [0.5, 0.6) is 0 Å². The molecule has 1 unspecified atom stereocenters. The Balaban J connectivity index is 1.36. The van der Waals surface area contributed by atoms with Crippen molar-refractivity contribution in [3.63, 3.8) is 0 Å². The van der Waals surface area contributed by atoms with E-state index < -0.39 is 10.0 Å². The van der Waals surface area contributed by atoms with E-state index in [2.05, 4.69) is 28.8 Å². The zero-order valence-corrected chi connectivity index (χ0v) is 24.9. The Kier molecular flexibility index (Phi) is 8.53. The van der Waals surface area contributed by atoms with Crippen LogP contribution in [0.1, 0.15) is 66.7 Å². The number of carbonyl (C=O) groups excluding carboxylic acids is 1. The summed E-state index contributed by atoms with van der Waals surface area (Å²) in [4.78, 5) is 22.9. The van der Waals surface area contributed by atoms with Crippen molar-refractivity contribution in [2.24, 2.45) is 5.92 Å². The SMILES string of the molecule is CCCCNCC1CN(c2nc3cc(C4CCCCN4C(=O)c4cc(Cl)ccc4NS(C)(=O)=O)nn3cc2C)C1. The Labute approximate surface area is 241 Å². The maximum atomic E-state index is 13.8. The van der Waals surface area contributed by atoms with Crippen molar-refractivity contribution in [3.05, 3.63) is 52.3 Å². The lowest BCUT2D eigenvalue weighted by atomic mass is 9.98. The molecule has 1 aromatic carbocycles. The van der Waals surface area contributed by atoms with Crippen LogP contribution in [-0.4, -0.2) is 72.8 Å². The topological polar surface area (TPSA) is 112 Å². The minimum atomic E-state index is -3.58. The standard InChI is InChI=1S/C28H38ClN7O3S/c1-4-5-11-30-15-20-17-34(18-20)27-19(2)16-36-26(31-27)14-24(32-36)25-8-6-7-12-35(25)28(37)22-13-21(29)9-10-23(22)33-40(3,38)39/h9-10,13-14,16,20,25,30,33H,4-8,11-12,15,17-18H2,1-3H3. The number of aromatic nitrogens is 3. The molecule has 2 aliphatic rings. The first-order valence-electron chi connectivity index (χ1n) is 14.0. The van der Waals surface area contributed by atoms with Gasteiger partial charge >= 0.3 is 0 Å². The molecule has 0 radical (unpaired) electrons. The Morgan fingerprint density at radius 2 is 2.00 bits per heavy atom. The molecule has 0 saturated carbocycles. The van der Waals surface area contributed by atoms with E-state index in [0.717, 1.165) is 74.4 Å². The van der Waals surface area contributed by atoms with E-state index in [1.54, 1.807) is 15.5 Å². The van der Waals surface area contributed by atoms with E-state index in [-0.39, 0.29) is 23.2 Å². The van der Waals surface area contributed by atoms with Gasteiger partial charge in [0.2, 0.25) is 10.0 Å². The minimum absolute atomic E-state index is 0.214. The molecule has 0 aliphatic carbocycles. The molecular weight excluding hydrogens is 550 g/mol. The van der Waals surface area contributed by atoms with Crippen LogP contribution >= 0.6 is 11.6 Å². The van der Waals surface area contributed by atoms with Crippen molar-refractivity contribution in [2.75, 3.05) is 48.6 Å². The molecule has 2 saturated heterocycles.